The zero-order chi connectivity index (χ0) is 23.7. The van der Waals surface area contributed by atoms with Crippen LogP contribution in [0.2, 0.25) is 0 Å². The first kappa shape index (κ1) is 22.0. The predicted octanol–water partition coefficient (Wildman–Crippen LogP) is 4.77. The number of hydrogen-bond acceptors (Lipinski definition) is 6. The van der Waals surface area contributed by atoms with Crippen LogP contribution in [0.4, 0.5) is 5.69 Å². The standard InChI is InChI=1S/C28H28N2O4/c1-29(2)21-10-8-19(9-11-21)16-26-27(31)22-12-13-25-23(28(22)34-26)17-30(18-33-25)15-14-20-6-4-5-7-24(20)32-3/h4-13,16H,14-15,17-18H2,1-3H3/b26-16-. The molecule has 0 saturated carbocycles. The number of benzene rings is 3. The van der Waals surface area contributed by atoms with Crippen molar-refractivity contribution in [1.29, 1.82) is 0 Å². The first-order chi connectivity index (χ1) is 16.5. The van der Waals surface area contributed by atoms with Gasteiger partial charge in [-0.25, -0.2) is 0 Å². The number of ketones is 1. The second kappa shape index (κ2) is 9.23. The highest BCUT2D eigenvalue weighted by Gasteiger charge is 2.33. The van der Waals surface area contributed by atoms with Gasteiger partial charge >= 0.3 is 0 Å². The fourth-order valence-corrected chi connectivity index (χ4v) is 4.36. The van der Waals surface area contributed by atoms with Gasteiger partial charge in [-0.3, -0.25) is 9.69 Å². The monoisotopic (exact) mass is 456 g/mol. The Morgan fingerprint density at radius 3 is 2.62 bits per heavy atom. The molecular formula is C28H28N2O4. The summed E-state index contributed by atoms with van der Waals surface area (Å²) in [4.78, 5) is 17.3. The number of nitrogens with zero attached hydrogens (tertiary/aromatic N) is 2. The van der Waals surface area contributed by atoms with Crippen LogP contribution in [-0.2, 0) is 13.0 Å². The summed E-state index contributed by atoms with van der Waals surface area (Å²) >= 11 is 0. The molecule has 0 N–H and O–H groups in total. The molecule has 2 aliphatic heterocycles. The maximum atomic E-state index is 13.1. The van der Waals surface area contributed by atoms with Gasteiger partial charge in [0.15, 0.2) is 5.76 Å². The quantitative estimate of drug-likeness (QED) is 0.498. The third-order valence-electron chi connectivity index (χ3n) is 6.28. The largest absolute Gasteiger partial charge is 0.496 e. The number of hydrogen-bond donors (Lipinski definition) is 0. The maximum Gasteiger partial charge on any atom is 0.231 e. The first-order valence-electron chi connectivity index (χ1n) is 11.4. The highest BCUT2D eigenvalue weighted by atomic mass is 16.5. The molecule has 3 aromatic rings. The minimum atomic E-state index is -0.0966. The minimum Gasteiger partial charge on any atom is -0.496 e. The van der Waals surface area contributed by atoms with Gasteiger partial charge in [-0.1, -0.05) is 30.3 Å². The lowest BCUT2D eigenvalue weighted by Gasteiger charge is -2.29. The number of carbonyl (C=O) groups excluding carboxylic acids is 1. The average molecular weight is 457 g/mol. The molecule has 0 fully saturated rings. The van der Waals surface area contributed by atoms with Gasteiger partial charge < -0.3 is 19.1 Å². The van der Waals surface area contributed by atoms with E-state index in [4.69, 9.17) is 14.2 Å². The van der Waals surface area contributed by atoms with Gasteiger partial charge in [0.05, 0.1) is 18.2 Å². The maximum absolute atomic E-state index is 13.1. The Morgan fingerprint density at radius 1 is 1.06 bits per heavy atom. The second-order valence-corrected chi connectivity index (χ2v) is 8.73. The molecule has 3 aromatic carbocycles. The third-order valence-corrected chi connectivity index (χ3v) is 6.28. The van der Waals surface area contributed by atoms with E-state index in [1.54, 1.807) is 19.3 Å². The van der Waals surface area contributed by atoms with Crippen molar-refractivity contribution in [3.8, 4) is 17.2 Å². The van der Waals surface area contributed by atoms with Crippen molar-refractivity contribution in [3.05, 3.63) is 88.7 Å². The van der Waals surface area contributed by atoms with Crippen molar-refractivity contribution in [2.75, 3.05) is 39.4 Å². The van der Waals surface area contributed by atoms with E-state index < -0.39 is 0 Å². The summed E-state index contributed by atoms with van der Waals surface area (Å²) in [5.74, 6) is 2.52. The van der Waals surface area contributed by atoms with Gasteiger partial charge in [-0.2, -0.15) is 0 Å². The van der Waals surface area contributed by atoms with Gasteiger partial charge in [0.2, 0.25) is 5.78 Å². The highest BCUT2D eigenvalue weighted by Crippen LogP contribution is 2.42. The molecule has 0 radical (unpaired) electrons. The summed E-state index contributed by atoms with van der Waals surface area (Å²) in [6, 6.07) is 19.8. The molecule has 0 unspecified atom stereocenters. The highest BCUT2D eigenvalue weighted by molar-refractivity contribution is 6.15. The van der Waals surface area contributed by atoms with Gasteiger partial charge in [0, 0.05) is 32.9 Å². The van der Waals surface area contributed by atoms with Crippen LogP contribution in [-0.4, -0.2) is 45.2 Å². The smallest absolute Gasteiger partial charge is 0.231 e. The number of rotatable bonds is 6. The molecule has 2 aliphatic rings. The minimum absolute atomic E-state index is 0.0966. The Hall–Kier alpha value is -3.77. The summed E-state index contributed by atoms with van der Waals surface area (Å²) in [5.41, 5.74) is 4.69. The summed E-state index contributed by atoms with van der Waals surface area (Å²) in [6.07, 6.45) is 2.64. The van der Waals surface area contributed by atoms with Gasteiger partial charge in [-0.05, 0) is 54.0 Å². The van der Waals surface area contributed by atoms with Gasteiger partial charge in [0.25, 0.3) is 0 Å². The van der Waals surface area contributed by atoms with E-state index >= 15 is 0 Å². The summed E-state index contributed by atoms with van der Waals surface area (Å²) < 4.78 is 17.6. The van der Waals surface area contributed by atoms with Crippen LogP contribution in [0.1, 0.15) is 27.0 Å². The van der Waals surface area contributed by atoms with Crippen molar-refractivity contribution in [1.82, 2.24) is 4.90 Å². The first-order valence-corrected chi connectivity index (χ1v) is 11.4. The van der Waals surface area contributed by atoms with Crippen LogP contribution in [0, 0.1) is 0 Å². The number of methoxy groups -OCH3 is 1. The number of para-hydroxylation sites is 1. The van der Waals surface area contributed by atoms with Crippen LogP contribution >= 0.6 is 0 Å². The lowest BCUT2D eigenvalue weighted by atomic mass is 10.0. The topological polar surface area (TPSA) is 51.2 Å². The Bertz CT molecular complexity index is 1250. The van der Waals surface area contributed by atoms with E-state index in [2.05, 4.69) is 11.0 Å². The molecule has 0 aromatic heterocycles. The molecule has 2 heterocycles. The van der Waals surface area contributed by atoms with E-state index in [0.717, 1.165) is 46.8 Å². The van der Waals surface area contributed by atoms with Crippen LogP contribution in [0.5, 0.6) is 17.2 Å². The van der Waals surface area contributed by atoms with Crippen LogP contribution in [0.3, 0.4) is 0 Å². The Morgan fingerprint density at radius 2 is 1.85 bits per heavy atom. The summed E-state index contributed by atoms with van der Waals surface area (Å²) in [6.45, 7) is 1.96. The third kappa shape index (κ3) is 4.24. The molecule has 0 spiro atoms. The van der Waals surface area contributed by atoms with Gasteiger partial charge in [-0.15, -0.1) is 0 Å². The van der Waals surface area contributed by atoms with Crippen LogP contribution < -0.4 is 19.1 Å². The predicted molar refractivity (Wildman–Crippen MR) is 133 cm³/mol. The van der Waals surface area contributed by atoms with E-state index in [1.165, 1.54) is 0 Å². The Balaban J connectivity index is 1.34. The summed E-state index contributed by atoms with van der Waals surface area (Å²) in [5, 5.41) is 0. The number of anilines is 1. The molecule has 0 atom stereocenters. The molecule has 174 valence electrons. The number of ether oxygens (including phenoxy) is 3. The molecule has 0 bridgehead atoms. The lowest BCUT2D eigenvalue weighted by Crippen LogP contribution is -2.33. The van der Waals surface area contributed by atoms with Crippen molar-refractivity contribution < 1.29 is 19.0 Å². The summed E-state index contributed by atoms with van der Waals surface area (Å²) in [7, 11) is 5.69. The Labute approximate surface area is 200 Å². The number of fused-ring (bicyclic) bond motifs is 3. The molecule has 5 rings (SSSR count). The molecule has 0 aliphatic carbocycles. The fraction of sp³-hybridized carbons (Fsp3) is 0.250. The zero-order valence-corrected chi connectivity index (χ0v) is 19.7. The number of carbonyl (C=O) groups is 1. The normalized spacial score (nSPS) is 16.0. The Kier molecular flexibility index (Phi) is 5.99. The van der Waals surface area contributed by atoms with E-state index in [-0.39, 0.29) is 5.78 Å². The van der Waals surface area contributed by atoms with Crippen molar-refractivity contribution in [2.45, 2.75) is 13.0 Å². The van der Waals surface area contributed by atoms with Crippen molar-refractivity contribution in [2.24, 2.45) is 0 Å². The number of allylic oxidation sites excluding steroid dienone is 1. The molecule has 34 heavy (non-hydrogen) atoms. The van der Waals surface area contributed by atoms with E-state index in [9.17, 15) is 4.79 Å². The van der Waals surface area contributed by atoms with Crippen molar-refractivity contribution in [3.63, 3.8) is 0 Å². The molecule has 0 amide bonds. The molecule has 6 heteroatoms. The molecular weight excluding hydrogens is 428 g/mol. The average Bonchev–Trinajstić information content (AvgIpc) is 3.18. The second-order valence-electron chi connectivity index (χ2n) is 8.73. The van der Waals surface area contributed by atoms with E-state index in [0.29, 0.717) is 30.3 Å². The molecule has 6 nitrogen and oxygen atoms in total. The molecule has 0 saturated heterocycles. The SMILES string of the molecule is COc1ccccc1CCN1COc2ccc3c(c2C1)O/C(=C\c1ccc(N(C)C)cc1)C3=O. The van der Waals surface area contributed by atoms with Gasteiger partial charge in [0.1, 0.15) is 24.0 Å². The van der Waals surface area contributed by atoms with Crippen LogP contribution in [0.25, 0.3) is 6.08 Å². The van der Waals surface area contributed by atoms with E-state index in [1.807, 2.05) is 67.5 Å². The number of Topliss-reactive ketones (excluding diaryl/α,β-unsaturated/α-hetero) is 1. The lowest BCUT2D eigenvalue weighted by molar-refractivity contribution is 0.0948. The fourth-order valence-electron chi connectivity index (χ4n) is 4.36. The van der Waals surface area contributed by atoms with Crippen LogP contribution in [0.15, 0.2) is 66.4 Å². The van der Waals surface area contributed by atoms with Crippen molar-refractivity contribution >= 4 is 17.5 Å². The zero-order valence-electron chi connectivity index (χ0n) is 19.7.